The van der Waals surface area contributed by atoms with Gasteiger partial charge >= 0.3 is 0 Å². The minimum absolute atomic E-state index is 0.132. The molecule has 3 fully saturated rings. The number of benzene rings is 1. The maximum atomic E-state index is 12.8. The minimum atomic E-state index is -3.74. The zero-order chi connectivity index (χ0) is 28.4. The number of rotatable bonds is 11. The van der Waals surface area contributed by atoms with E-state index in [2.05, 4.69) is 50.0 Å². The third kappa shape index (κ3) is 6.87. The Hall–Kier alpha value is -2.89. The van der Waals surface area contributed by atoms with Gasteiger partial charge in [-0.3, -0.25) is 4.99 Å². The van der Waals surface area contributed by atoms with E-state index in [1.165, 1.54) is 23.5 Å². The van der Waals surface area contributed by atoms with Gasteiger partial charge in [0.15, 0.2) is 20.7 Å². The molecule has 5 rings (SSSR count). The van der Waals surface area contributed by atoms with E-state index in [1.807, 2.05) is 0 Å². The Morgan fingerprint density at radius 2 is 1.93 bits per heavy atom. The van der Waals surface area contributed by atoms with Gasteiger partial charge < -0.3 is 26.4 Å². The first-order valence-corrected chi connectivity index (χ1v) is 15.9. The summed E-state index contributed by atoms with van der Waals surface area (Å²) in [4.78, 5) is 13.4. The number of sulfone groups is 1. The molecule has 216 valence electrons. The van der Waals surface area contributed by atoms with Gasteiger partial charge in [-0.15, -0.1) is 0 Å². The molecule has 1 saturated heterocycles. The van der Waals surface area contributed by atoms with Crippen LogP contribution in [0.15, 0.2) is 34.0 Å². The lowest BCUT2D eigenvalue weighted by molar-refractivity contribution is 0.304. The van der Waals surface area contributed by atoms with Crippen molar-refractivity contribution in [2.24, 2.45) is 10.7 Å². The summed E-state index contributed by atoms with van der Waals surface area (Å²) in [5.41, 5.74) is 9.53. The second kappa shape index (κ2) is 11.9. The third-order valence-corrected chi connectivity index (χ3v) is 9.71. The first-order chi connectivity index (χ1) is 19.1. The Labute approximate surface area is 241 Å². The van der Waals surface area contributed by atoms with Gasteiger partial charge in [0.05, 0.1) is 35.0 Å². The molecule has 2 heterocycles. The SMILES string of the molecule is Cc1cc(Nc2ncc(Cl)c(NC(C=NC3CC3)=C(N)S(=O)(=O)C(C)C)n2)c(OC2CC2)cc1C1CCNCC1. The lowest BCUT2D eigenvalue weighted by Gasteiger charge is -2.26. The summed E-state index contributed by atoms with van der Waals surface area (Å²) in [5, 5.41) is 8.95. The molecule has 1 aliphatic heterocycles. The average molecular weight is 588 g/mol. The number of nitrogens with two attached hydrogens (primary N) is 1. The minimum Gasteiger partial charge on any atom is -0.488 e. The van der Waals surface area contributed by atoms with Crippen molar-refractivity contribution in [2.75, 3.05) is 23.7 Å². The lowest BCUT2D eigenvalue weighted by atomic mass is 9.87. The molecule has 0 unspecified atom stereocenters. The molecule has 3 aliphatic rings. The number of hydrogen-bond donors (Lipinski definition) is 4. The van der Waals surface area contributed by atoms with E-state index in [1.54, 1.807) is 13.8 Å². The van der Waals surface area contributed by atoms with Crippen molar-refractivity contribution >= 4 is 45.1 Å². The fourth-order valence-corrected chi connectivity index (χ4v) is 5.62. The van der Waals surface area contributed by atoms with Gasteiger partial charge in [0.25, 0.3) is 0 Å². The van der Waals surface area contributed by atoms with Gasteiger partial charge in [0.1, 0.15) is 10.8 Å². The zero-order valence-corrected chi connectivity index (χ0v) is 24.8. The van der Waals surface area contributed by atoms with E-state index in [0.29, 0.717) is 5.92 Å². The number of nitrogens with one attached hydrogen (secondary N) is 3. The van der Waals surface area contributed by atoms with Crippen LogP contribution in [0.3, 0.4) is 0 Å². The number of nitrogens with zero attached hydrogens (tertiary/aromatic N) is 3. The van der Waals surface area contributed by atoms with Gasteiger partial charge in [-0.25, -0.2) is 13.4 Å². The first kappa shape index (κ1) is 28.6. The average Bonchev–Trinajstić information content (AvgIpc) is 3.86. The Morgan fingerprint density at radius 3 is 2.58 bits per heavy atom. The Bertz CT molecular complexity index is 1410. The summed E-state index contributed by atoms with van der Waals surface area (Å²) >= 11 is 6.44. The van der Waals surface area contributed by atoms with Crippen LogP contribution in [0.5, 0.6) is 5.75 Å². The van der Waals surface area contributed by atoms with Crippen molar-refractivity contribution in [2.45, 2.75) is 82.6 Å². The zero-order valence-electron chi connectivity index (χ0n) is 23.2. The molecule has 2 aromatic rings. The number of ether oxygens (including phenoxy) is 1. The largest absolute Gasteiger partial charge is 0.488 e. The fraction of sp³-hybridized carbons (Fsp3) is 0.536. The van der Waals surface area contributed by atoms with Crippen molar-refractivity contribution < 1.29 is 13.2 Å². The molecule has 12 heteroatoms. The van der Waals surface area contributed by atoms with Crippen molar-refractivity contribution in [1.82, 2.24) is 15.3 Å². The molecular weight excluding hydrogens is 550 g/mol. The number of hydrogen-bond acceptors (Lipinski definition) is 10. The van der Waals surface area contributed by atoms with Crippen LogP contribution in [0, 0.1) is 6.92 Å². The van der Waals surface area contributed by atoms with Crippen LogP contribution in [0.4, 0.5) is 17.5 Å². The Balaban J connectivity index is 1.44. The van der Waals surface area contributed by atoms with Gasteiger partial charge in [-0.2, -0.15) is 4.98 Å². The normalized spacial score (nSPS) is 19.1. The highest BCUT2D eigenvalue weighted by Crippen LogP contribution is 2.39. The molecular formula is C28H38ClN7O3S. The van der Waals surface area contributed by atoms with Crippen molar-refractivity contribution in [3.05, 3.63) is 45.2 Å². The van der Waals surface area contributed by atoms with Crippen LogP contribution in [-0.2, 0) is 9.84 Å². The predicted molar refractivity (Wildman–Crippen MR) is 160 cm³/mol. The highest BCUT2D eigenvalue weighted by molar-refractivity contribution is 7.95. The molecule has 0 radical (unpaired) electrons. The molecule has 0 bridgehead atoms. The number of anilines is 3. The number of piperidine rings is 1. The highest BCUT2D eigenvalue weighted by Gasteiger charge is 2.28. The molecule has 10 nitrogen and oxygen atoms in total. The molecule has 2 aliphatic carbocycles. The smallest absolute Gasteiger partial charge is 0.229 e. The van der Waals surface area contributed by atoms with Gasteiger partial charge in [-0.05, 0) is 102 Å². The van der Waals surface area contributed by atoms with Crippen LogP contribution in [-0.4, -0.2) is 55.1 Å². The van der Waals surface area contributed by atoms with E-state index >= 15 is 0 Å². The van der Waals surface area contributed by atoms with Crippen LogP contribution in [0.2, 0.25) is 5.02 Å². The summed E-state index contributed by atoms with van der Waals surface area (Å²) in [6.07, 6.45) is 9.34. The van der Waals surface area contributed by atoms with Crippen LogP contribution in [0.25, 0.3) is 0 Å². The van der Waals surface area contributed by atoms with E-state index in [0.717, 1.165) is 63.1 Å². The molecule has 1 aromatic heterocycles. The van der Waals surface area contributed by atoms with E-state index in [9.17, 15) is 8.42 Å². The quantitative estimate of drug-likeness (QED) is 0.273. The summed E-state index contributed by atoms with van der Waals surface area (Å²) in [5.74, 6) is 1.77. The molecule has 1 aromatic carbocycles. The molecule has 40 heavy (non-hydrogen) atoms. The van der Waals surface area contributed by atoms with Crippen LogP contribution >= 0.6 is 11.6 Å². The second-order valence-electron chi connectivity index (χ2n) is 11.1. The summed E-state index contributed by atoms with van der Waals surface area (Å²) in [6, 6.07) is 4.42. The van der Waals surface area contributed by atoms with E-state index in [4.69, 9.17) is 22.1 Å². The predicted octanol–water partition coefficient (Wildman–Crippen LogP) is 4.79. The standard InChI is InChI=1S/C28H38ClN7O3S/c1-16(2)40(37,38)26(30)24(15-32-19-4-5-19)34-27-22(29)14-33-28(36-27)35-23-12-17(3)21(18-8-10-31-11-9-18)13-25(23)39-20-6-7-20/h12-16,18-20,31H,4-11,30H2,1-3H3,(H2,33,34,35,36). The number of halogens is 1. The maximum absolute atomic E-state index is 12.8. The monoisotopic (exact) mass is 587 g/mol. The van der Waals surface area contributed by atoms with Gasteiger partial charge in [0, 0.05) is 6.21 Å². The van der Waals surface area contributed by atoms with Gasteiger partial charge in [0.2, 0.25) is 5.95 Å². The lowest BCUT2D eigenvalue weighted by Crippen LogP contribution is -2.27. The molecule has 0 spiro atoms. The number of aromatic nitrogens is 2. The second-order valence-corrected chi connectivity index (χ2v) is 13.9. The molecule has 2 saturated carbocycles. The molecule has 0 atom stereocenters. The number of aliphatic imine (C=N–C) groups is 1. The topological polar surface area (TPSA) is 144 Å². The van der Waals surface area contributed by atoms with Crippen molar-refractivity contribution in [1.29, 1.82) is 0 Å². The number of allylic oxidation sites excluding steroid dienone is 1. The fourth-order valence-electron chi connectivity index (χ4n) is 4.57. The molecule has 0 amide bonds. The van der Waals surface area contributed by atoms with Crippen LogP contribution < -0.4 is 26.4 Å². The Morgan fingerprint density at radius 1 is 1.20 bits per heavy atom. The summed E-state index contributed by atoms with van der Waals surface area (Å²) < 4.78 is 32.0. The third-order valence-electron chi connectivity index (χ3n) is 7.36. The summed E-state index contributed by atoms with van der Waals surface area (Å²) in [6.45, 7) is 7.31. The number of aryl methyl sites for hydroxylation is 1. The van der Waals surface area contributed by atoms with Crippen LogP contribution in [0.1, 0.15) is 69.4 Å². The van der Waals surface area contributed by atoms with E-state index < -0.39 is 15.1 Å². The highest BCUT2D eigenvalue weighted by atomic mass is 35.5. The molecule has 5 N–H and O–H groups in total. The van der Waals surface area contributed by atoms with Gasteiger partial charge in [-0.1, -0.05) is 11.6 Å². The maximum Gasteiger partial charge on any atom is 0.229 e. The summed E-state index contributed by atoms with van der Waals surface area (Å²) in [7, 11) is -3.74. The van der Waals surface area contributed by atoms with Crippen molar-refractivity contribution in [3.63, 3.8) is 0 Å². The van der Waals surface area contributed by atoms with Crippen molar-refractivity contribution in [3.8, 4) is 5.75 Å². The Kier molecular flexibility index (Phi) is 8.53. The van der Waals surface area contributed by atoms with E-state index in [-0.39, 0.29) is 39.7 Å². The first-order valence-electron chi connectivity index (χ1n) is 14.0.